The number of ether oxygens (including phenoxy) is 2. The minimum absolute atomic E-state index is 0.192. The van der Waals surface area contributed by atoms with Crippen molar-refractivity contribution in [1.82, 2.24) is 9.88 Å². The lowest BCUT2D eigenvalue weighted by Crippen LogP contribution is -2.47. The highest BCUT2D eigenvalue weighted by atomic mass is 32.1. The zero-order valence-electron chi connectivity index (χ0n) is 13.2. The fourth-order valence-corrected chi connectivity index (χ4v) is 2.73. The number of aromatic nitrogens is 1. The molecule has 1 fully saturated rings. The van der Waals surface area contributed by atoms with Gasteiger partial charge in [-0.25, -0.2) is 9.78 Å². The van der Waals surface area contributed by atoms with Gasteiger partial charge in [0.2, 0.25) is 0 Å². The number of hydrogen-bond acceptors (Lipinski definition) is 5. The molecule has 0 bridgehead atoms. The second-order valence-electron chi connectivity index (χ2n) is 6.69. The van der Waals surface area contributed by atoms with Gasteiger partial charge < -0.3 is 14.4 Å². The molecule has 1 aliphatic rings. The second kappa shape index (κ2) is 6.32. The minimum atomic E-state index is -0.445. The molecule has 21 heavy (non-hydrogen) atoms. The summed E-state index contributed by atoms with van der Waals surface area (Å²) in [5, 5.41) is 2.00. The lowest BCUT2D eigenvalue weighted by molar-refractivity contribution is -0.0820. The minimum Gasteiger partial charge on any atom is -0.444 e. The summed E-state index contributed by atoms with van der Waals surface area (Å²) in [4.78, 5) is 18.0. The summed E-state index contributed by atoms with van der Waals surface area (Å²) in [6.45, 7) is 9.63. The Morgan fingerprint density at radius 1 is 1.43 bits per heavy atom. The first-order valence-electron chi connectivity index (χ1n) is 7.26. The summed E-state index contributed by atoms with van der Waals surface area (Å²) >= 11 is 1.57. The van der Waals surface area contributed by atoms with Crippen LogP contribution in [0.1, 0.15) is 46.2 Å². The summed E-state index contributed by atoms with van der Waals surface area (Å²) in [5.74, 6) is 0. The molecular formula is C15H24N2O3S. The predicted octanol–water partition coefficient (Wildman–Crippen LogP) is 3.45. The molecule has 118 valence electrons. The van der Waals surface area contributed by atoms with Crippen LogP contribution in [0.5, 0.6) is 0 Å². The van der Waals surface area contributed by atoms with Gasteiger partial charge in [0.25, 0.3) is 0 Å². The molecule has 2 heterocycles. The van der Waals surface area contributed by atoms with Crippen molar-refractivity contribution in [3.8, 4) is 0 Å². The lowest BCUT2D eigenvalue weighted by Gasteiger charge is -2.39. The fourth-order valence-electron chi connectivity index (χ4n) is 2.19. The van der Waals surface area contributed by atoms with Gasteiger partial charge in [-0.2, -0.15) is 0 Å². The molecular weight excluding hydrogens is 288 g/mol. The molecule has 0 spiro atoms. The van der Waals surface area contributed by atoms with Gasteiger partial charge in [-0.3, -0.25) is 0 Å². The van der Waals surface area contributed by atoms with Crippen molar-refractivity contribution in [3.63, 3.8) is 0 Å². The fraction of sp³-hybridized carbons (Fsp3) is 0.733. The summed E-state index contributed by atoms with van der Waals surface area (Å²) in [6.07, 6.45) is 1.40. The summed E-state index contributed by atoms with van der Waals surface area (Å²) in [6, 6.07) is 0. The van der Waals surface area contributed by atoms with E-state index in [9.17, 15) is 4.79 Å². The first kappa shape index (κ1) is 16.2. The standard InChI is InChI=1S/C15H24N2O3S/c1-14(2,3)20-13(18)17-7-5-15(4,6-8-17)19-9-12-10-21-11-16-12/h10-11H,5-9H2,1-4H3. The molecule has 1 aromatic rings. The maximum Gasteiger partial charge on any atom is 0.410 e. The van der Waals surface area contributed by atoms with Crippen LogP contribution in [0.3, 0.4) is 0 Å². The monoisotopic (exact) mass is 312 g/mol. The van der Waals surface area contributed by atoms with Crippen molar-refractivity contribution < 1.29 is 14.3 Å². The number of thiazole rings is 1. The van der Waals surface area contributed by atoms with Crippen LogP contribution in [0.25, 0.3) is 0 Å². The molecule has 0 aromatic carbocycles. The predicted molar refractivity (Wildman–Crippen MR) is 82.3 cm³/mol. The second-order valence-corrected chi connectivity index (χ2v) is 7.40. The molecule has 0 N–H and O–H groups in total. The molecule has 0 radical (unpaired) electrons. The van der Waals surface area contributed by atoms with E-state index in [1.165, 1.54) is 0 Å². The number of amides is 1. The molecule has 0 saturated carbocycles. The van der Waals surface area contributed by atoms with Crippen LogP contribution < -0.4 is 0 Å². The number of hydrogen-bond donors (Lipinski definition) is 0. The van der Waals surface area contributed by atoms with E-state index < -0.39 is 5.60 Å². The molecule has 0 atom stereocenters. The highest BCUT2D eigenvalue weighted by Gasteiger charge is 2.34. The summed E-state index contributed by atoms with van der Waals surface area (Å²) in [7, 11) is 0. The van der Waals surface area contributed by atoms with E-state index in [0.717, 1.165) is 18.5 Å². The van der Waals surface area contributed by atoms with Crippen LogP contribution in [0.4, 0.5) is 4.79 Å². The Bertz CT molecular complexity index is 460. The van der Waals surface area contributed by atoms with Crippen LogP contribution in [0, 0.1) is 0 Å². The van der Waals surface area contributed by atoms with Gasteiger partial charge in [0, 0.05) is 18.5 Å². The number of nitrogens with zero attached hydrogens (tertiary/aromatic N) is 2. The molecule has 1 aliphatic heterocycles. The van der Waals surface area contributed by atoms with Gasteiger partial charge in [-0.1, -0.05) is 0 Å². The van der Waals surface area contributed by atoms with E-state index >= 15 is 0 Å². The van der Waals surface area contributed by atoms with Crippen LogP contribution in [0.15, 0.2) is 10.9 Å². The Balaban J connectivity index is 1.80. The number of carbonyl (C=O) groups excluding carboxylic acids is 1. The van der Waals surface area contributed by atoms with Gasteiger partial charge in [-0.05, 0) is 40.5 Å². The van der Waals surface area contributed by atoms with Gasteiger partial charge in [0.05, 0.1) is 23.4 Å². The SMILES string of the molecule is CC(C)(C)OC(=O)N1CCC(C)(OCc2cscn2)CC1. The number of likely N-dealkylation sites (tertiary alicyclic amines) is 1. The molecule has 1 saturated heterocycles. The van der Waals surface area contributed by atoms with Crippen molar-refractivity contribution in [2.75, 3.05) is 13.1 Å². The number of rotatable bonds is 3. The molecule has 1 amide bonds. The van der Waals surface area contributed by atoms with Crippen LogP contribution in [-0.2, 0) is 16.1 Å². The quantitative estimate of drug-likeness (QED) is 0.858. The third-order valence-electron chi connectivity index (χ3n) is 3.52. The Labute approximate surface area is 130 Å². The zero-order chi connectivity index (χ0) is 15.5. The Morgan fingerprint density at radius 3 is 2.62 bits per heavy atom. The molecule has 0 unspecified atom stereocenters. The zero-order valence-corrected chi connectivity index (χ0v) is 14.0. The van der Waals surface area contributed by atoms with Crippen molar-refractivity contribution in [3.05, 3.63) is 16.6 Å². The van der Waals surface area contributed by atoms with Gasteiger partial charge >= 0.3 is 6.09 Å². The van der Waals surface area contributed by atoms with E-state index in [2.05, 4.69) is 11.9 Å². The average molecular weight is 312 g/mol. The molecule has 6 heteroatoms. The Morgan fingerprint density at radius 2 is 2.10 bits per heavy atom. The number of carbonyl (C=O) groups is 1. The number of piperidine rings is 1. The van der Waals surface area contributed by atoms with E-state index in [-0.39, 0.29) is 11.7 Å². The Kier molecular flexibility index (Phi) is 4.88. The van der Waals surface area contributed by atoms with Crippen molar-refractivity contribution in [2.24, 2.45) is 0 Å². The third kappa shape index (κ3) is 4.97. The van der Waals surface area contributed by atoms with Crippen LogP contribution in [-0.4, -0.2) is 40.3 Å². The summed E-state index contributed by atoms with van der Waals surface area (Å²) in [5.41, 5.74) is 2.14. The topological polar surface area (TPSA) is 51.7 Å². The van der Waals surface area contributed by atoms with Gasteiger partial charge in [-0.15, -0.1) is 11.3 Å². The van der Waals surface area contributed by atoms with Crippen molar-refractivity contribution in [1.29, 1.82) is 0 Å². The highest BCUT2D eigenvalue weighted by Crippen LogP contribution is 2.28. The van der Waals surface area contributed by atoms with Crippen molar-refractivity contribution in [2.45, 2.75) is 58.3 Å². The maximum absolute atomic E-state index is 12.0. The molecule has 5 nitrogen and oxygen atoms in total. The summed E-state index contributed by atoms with van der Waals surface area (Å²) < 4.78 is 11.4. The largest absolute Gasteiger partial charge is 0.444 e. The molecule has 2 rings (SSSR count). The molecule has 0 aliphatic carbocycles. The van der Waals surface area contributed by atoms with Crippen LogP contribution >= 0.6 is 11.3 Å². The van der Waals surface area contributed by atoms with E-state index in [1.54, 1.807) is 16.2 Å². The molecule has 1 aromatic heterocycles. The maximum atomic E-state index is 12.0. The van der Waals surface area contributed by atoms with Crippen molar-refractivity contribution >= 4 is 17.4 Å². The van der Waals surface area contributed by atoms with Gasteiger partial charge in [0.1, 0.15) is 5.60 Å². The lowest BCUT2D eigenvalue weighted by atomic mass is 9.93. The van der Waals surface area contributed by atoms with Gasteiger partial charge in [0.15, 0.2) is 0 Å². The smallest absolute Gasteiger partial charge is 0.410 e. The van der Waals surface area contributed by atoms with E-state index in [1.807, 2.05) is 31.7 Å². The average Bonchev–Trinajstić information content (AvgIpc) is 2.88. The van der Waals surface area contributed by atoms with E-state index in [0.29, 0.717) is 19.7 Å². The first-order chi connectivity index (χ1) is 9.77. The normalized spacial score (nSPS) is 18.6. The Hall–Kier alpha value is -1.14. The van der Waals surface area contributed by atoms with Crippen LogP contribution in [0.2, 0.25) is 0 Å². The third-order valence-corrected chi connectivity index (χ3v) is 4.16. The van der Waals surface area contributed by atoms with E-state index in [4.69, 9.17) is 9.47 Å². The highest BCUT2D eigenvalue weighted by molar-refractivity contribution is 7.07. The first-order valence-corrected chi connectivity index (χ1v) is 8.21.